The van der Waals surface area contributed by atoms with Crippen LogP contribution in [0.1, 0.15) is 44.7 Å². The number of nitrogens with one attached hydrogen (secondary N) is 1. The second-order valence-corrected chi connectivity index (χ2v) is 5.22. The molecule has 1 aromatic heterocycles. The summed E-state index contributed by atoms with van der Waals surface area (Å²) in [6.45, 7) is 3.24. The first-order chi connectivity index (χ1) is 8.78. The van der Waals surface area contributed by atoms with Crippen molar-refractivity contribution in [1.82, 2.24) is 9.97 Å². The maximum atomic E-state index is 8.75. The van der Waals surface area contributed by atoms with Gasteiger partial charge in [-0.1, -0.05) is 32.6 Å². The second-order valence-electron chi connectivity index (χ2n) is 5.22. The third-order valence-corrected chi connectivity index (χ3v) is 3.74. The van der Waals surface area contributed by atoms with Crippen molar-refractivity contribution in [2.45, 2.75) is 39.0 Å². The molecule has 1 N–H and O–H groups in total. The summed E-state index contributed by atoms with van der Waals surface area (Å²) in [5.74, 6) is 2.32. The molecule has 0 spiro atoms. The first-order valence-corrected chi connectivity index (χ1v) is 6.75. The topological polar surface area (TPSA) is 61.6 Å². The van der Waals surface area contributed by atoms with Crippen molar-refractivity contribution >= 4 is 5.95 Å². The highest BCUT2D eigenvalue weighted by Crippen LogP contribution is 2.30. The molecule has 96 valence electrons. The molecule has 1 aliphatic rings. The van der Waals surface area contributed by atoms with Gasteiger partial charge < -0.3 is 5.32 Å². The Morgan fingerprint density at radius 2 is 2.17 bits per heavy atom. The molecule has 1 heterocycles. The summed E-state index contributed by atoms with van der Waals surface area (Å²) in [5, 5.41) is 12.0. The molecular weight excluding hydrogens is 224 g/mol. The molecule has 0 bridgehead atoms. The molecule has 0 saturated heterocycles. The molecule has 2 rings (SSSR count). The fourth-order valence-electron chi connectivity index (χ4n) is 2.51. The van der Waals surface area contributed by atoms with Crippen LogP contribution in [0.3, 0.4) is 0 Å². The smallest absolute Gasteiger partial charge is 0.223 e. The molecule has 18 heavy (non-hydrogen) atoms. The molecular formula is C14H20N4. The molecule has 0 amide bonds. The Kier molecular flexibility index (Phi) is 4.52. The van der Waals surface area contributed by atoms with Crippen LogP contribution in [-0.4, -0.2) is 16.5 Å². The Hall–Kier alpha value is -1.63. The van der Waals surface area contributed by atoms with E-state index in [1.54, 1.807) is 12.3 Å². The molecule has 1 saturated carbocycles. The Balaban J connectivity index is 1.73. The van der Waals surface area contributed by atoms with E-state index >= 15 is 0 Å². The van der Waals surface area contributed by atoms with Gasteiger partial charge in [-0.25, -0.2) is 9.97 Å². The average molecular weight is 244 g/mol. The predicted octanol–water partition coefficient (Wildman–Crippen LogP) is 2.98. The number of hydrogen-bond donors (Lipinski definition) is 1. The van der Waals surface area contributed by atoms with Gasteiger partial charge in [0.05, 0.1) is 0 Å². The standard InChI is InChI=1S/C14H20N4/c1-11-2-4-12(5-3-11)6-8-16-14-17-9-7-13(10-15)18-14/h7,9,11-12H,2-6,8H2,1H3,(H,16,17,18). The van der Waals surface area contributed by atoms with Gasteiger partial charge in [-0.05, 0) is 24.3 Å². The lowest BCUT2D eigenvalue weighted by Gasteiger charge is -2.26. The summed E-state index contributed by atoms with van der Waals surface area (Å²) in [6, 6.07) is 3.64. The van der Waals surface area contributed by atoms with E-state index in [2.05, 4.69) is 22.2 Å². The van der Waals surface area contributed by atoms with Gasteiger partial charge in [-0.3, -0.25) is 0 Å². The lowest BCUT2D eigenvalue weighted by atomic mass is 9.81. The largest absolute Gasteiger partial charge is 0.354 e. The van der Waals surface area contributed by atoms with Crippen molar-refractivity contribution < 1.29 is 0 Å². The second kappa shape index (κ2) is 6.34. The third-order valence-electron chi connectivity index (χ3n) is 3.74. The van der Waals surface area contributed by atoms with Gasteiger partial charge in [0.2, 0.25) is 5.95 Å². The van der Waals surface area contributed by atoms with Gasteiger partial charge >= 0.3 is 0 Å². The van der Waals surface area contributed by atoms with Crippen LogP contribution < -0.4 is 5.32 Å². The fraction of sp³-hybridized carbons (Fsp3) is 0.643. The Morgan fingerprint density at radius 1 is 1.39 bits per heavy atom. The molecule has 0 unspecified atom stereocenters. The Morgan fingerprint density at radius 3 is 2.89 bits per heavy atom. The summed E-state index contributed by atoms with van der Waals surface area (Å²) in [7, 11) is 0. The molecule has 0 aromatic carbocycles. The molecule has 0 atom stereocenters. The molecule has 1 aromatic rings. The van der Waals surface area contributed by atoms with Gasteiger partial charge in [-0.2, -0.15) is 5.26 Å². The summed E-state index contributed by atoms with van der Waals surface area (Å²) in [5.41, 5.74) is 0.416. The highest BCUT2D eigenvalue weighted by molar-refractivity contribution is 5.29. The first-order valence-electron chi connectivity index (χ1n) is 6.75. The van der Waals surface area contributed by atoms with Gasteiger partial charge in [0.15, 0.2) is 0 Å². The summed E-state index contributed by atoms with van der Waals surface area (Å²) < 4.78 is 0. The van der Waals surface area contributed by atoms with E-state index < -0.39 is 0 Å². The summed E-state index contributed by atoms with van der Waals surface area (Å²) >= 11 is 0. The number of nitrogens with zero attached hydrogens (tertiary/aromatic N) is 3. The van der Waals surface area contributed by atoms with E-state index in [0.717, 1.165) is 18.4 Å². The monoisotopic (exact) mass is 244 g/mol. The molecule has 4 heteroatoms. The lowest BCUT2D eigenvalue weighted by molar-refractivity contribution is 0.282. The lowest BCUT2D eigenvalue weighted by Crippen LogP contribution is -2.16. The Bertz CT molecular complexity index is 416. The van der Waals surface area contributed by atoms with Crippen molar-refractivity contribution in [2.75, 3.05) is 11.9 Å². The highest BCUT2D eigenvalue weighted by atomic mass is 15.1. The minimum Gasteiger partial charge on any atom is -0.354 e. The maximum absolute atomic E-state index is 8.75. The number of hydrogen-bond acceptors (Lipinski definition) is 4. The molecule has 4 nitrogen and oxygen atoms in total. The van der Waals surface area contributed by atoms with Crippen molar-refractivity contribution in [1.29, 1.82) is 5.26 Å². The normalized spacial score (nSPS) is 23.3. The van der Waals surface area contributed by atoms with E-state index in [9.17, 15) is 0 Å². The van der Waals surface area contributed by atoms with E-state index in [0.29, 0.717) is 11.6 Å². The van der Waals surface area contributed by atoms with Crippen LogP contribution in [0.2, 0.25) is 0 Å². The van der Waals surface area contributed by atoms with Gasteiger partial charge in [-0.15, -0.1) is 0 Å². The van der Waals surface area contributed by atoms with Crippen LogP contribution in [0, 0.1) is 23.2 Å². The number of rotatable bonds is 4. The minimum absolute atomic E-state index is 0.416. The molecule has 1 fully saturated rings. The molecule has 0 aliphatic heterocycles. The van der Waals surface area contributed by atoms with Crippen LogP contribution in [-0.2, 0) is 0 Å². The zero-order chi connectivity index (χ0) is 12.8. The highest BCUT2D eigenvalue weighted by Gasteiger charge is 2.17. The number of aromatic nitrogens is 2. The van der Waals surface area contributed by atoms with Crippen LogP contribution in [0.25, 0.3) is 0 Å². The van der Waals surface area contributed by atoms with Crippen molar-refractivity contribution in [2.24, 2.45) is 11.8 Å². The van der Waals surface area contributed by atoms with E-state index in [1.165, 1.54) is 32.1 Å². The summed E-state index contributed by atoms with van der Waals surface area (Å²) in [6.07, 6.45) is 8.23. The zero-order valence-corrected chi connectivity index (χ0v) is 10.9. The predicted molar refractivity (Wildman–Crippen MR) is 71.0 cm³/mol. The molecule has 1 aliphatic carbocycles. The number of anilines is 1. The van der Waals surface area contributed by atoms with Gasteiger partial charge in [0, 0.05) is 12.7 Å². The van der Waals surface area contributed by atoms with Crippen LogP contribution >= 0.6 is 0 Å². The zero-order valence-electron chi connectivity index (χ0n) is 10.9. The van der Waals surface area contributed by atoms with Crippen LogP contribution in [0.4, 0.5) is 5.95 Å². The quantitative estimate of drug-likeness (QED) is 0.884. The fourth-order valence-corrected chi connectivity index (χ4v) is 2.51. The maximum Gasteiger partial charge on any atom is 0.223 e. The van der Waals surface area contributed by atoms with Gasteiger partial charge in [0.1, 0.15) is 11.8 Å². The van der Waals surface area contributed by atoms with E-state index in [-0.39, 0.29) is 0 Å². The third kappa shape index (κ3) is 3.69. The SMILES string of the molecule is CC1CCC(CCNc2nccc(C#N)n2)CC1. The Labute approximate surface area is 108 Å². The minimum atomic E-state index is 0.416. The summed E-state index contributed by atoms with van der Waals surface area (Å²) in [4.78, 5) is 8.21. The van der Waals surface area contributed by atoms with Crippen molar-refractivity contribution in [3.05, 3.63) is 18.0 Å². The number of nitriles is 1. The first kappa shape index (κ1) is 12.8. The molecule has 0 radical (unpaired) electrons. The van der Waals surface area contributed by atoms with E-state index in [1.807, 2.05) is 6.07 Å². The van der Waals surface area contributed by atoms with Gasteiger partial charge in [0.25, 0.3) is 0 Å². The average Bonchev–Trinajstić information content (AvgIpc) is 2.41. The van der Waals surface area contributed by atoms with Crippen LogP contribution in [0.15, 0.2) is 12.3 Å². The van der Waals surface area contributed by atoms with Crippen molar-refractivity contribution in [3.8, 4) is 6.07 Å². The van der Waals surface area contributed by atoms with Crippen molar-refractivity contribution in [3.63, 3.8) is 0 Å². The van der Waals surface area contributed by atoms with E-state index in [4.69, 9.17) is 5.26 Å². The van der Waals surface area contributed by atoms with Crippen LogP contribution in [0.5, 0.6) is 0 Å².